The van der Waals surface area contributed by atoms with Gasteiger partial charge < -0.3 is 19.7 Å². The van der Waals surface area contributed by atoms with E-state index < -0.39 is 16.1 Å². The van der Waals surface area contributed by atoms with Crippen molar-refractivity contribution in [2.75, 3.05) is 39.5 Å². The van der Waals surface area contributed by atoms with Crippen LogP contribution in [0.5, 0.6) is 5.75 Å². The minimum atomic E-state index is -3.65. The Hall–Kier alpha value is -3.44. The van der Waals surface area contributed by atoms with Gasteiger partial charge >= 0.3 is 0 Å². The first-order valence-electron chi connectivity index (χ1n) is 14.3. The molecule has 0 saturated carbocycles. The van der Waals surface area contributed by atoms with Crippen LogP contribution in [0.1, 0.15) is 25.0 Å². The van der Waals surface area contributed by atoms with Gasteiger partial charge in [0.05, 0.1) is 18.1 Å². The van der Waals surface area contributed by atoms with E-state index in [1.165, 1.54) is 33.5 Å². The number of hydrogen-bond donors (Lipinski definition) is 1. The van der Waals surface area contributed by atoms with Crippen molar-refractivity contribution >= 4 is 33.4 Å². The van der Waals surface area contributed by atoms with E-state index in [1.54, 1.807) is 12.1 Å². The molecule has 1 aliphatic rings. The lowest BCUT2D eigenvalue weighted by Crippen LogP contribution is -2.52. The lowest BCUT2D eigenvalue weighted by molar-refractivity contribution is -0.142. The summed E-state index contributed by atoms with van der Waals surface area (Å²) in [5, 5.41) is 3.56. The summed E-state index contributed by atoms with van der Waals surface area (Å²) < 4.78 is 38.4. The fourth-order valence-corrected chi connectivity index (χ4v) is 6.17. The van der Waals surface area contributed by atoms with Gasteiger partial charge in [0.15, 0.2) is 6.61 Å². The zero-order valence-corrected chi connectivity index (χ0v) is 26.0. The van der Waals surface area contributed by atoms with Gasteiger partial charge in [-0.1, -0.05) is 67.9 Å². The van der Waals surface area contributed by atoms with Crippen LogP contribution in [0, 0.1) is 5.92 Å². The van der Waals surface area contributed by atoms with Crippen LogP contribution in [-0.4, -0.2) is 74.9 Å². The zero-order valence-electron chi connectivity index (χ0n) is 24.4. The van der Waals surface area contributed by atoms with Crippen molar-refractivity contribution in [1.82, 2.24) is 14.5 Å². The molecule has 9 nitrogen and oxygen atoms in total. The summed E-state index contributed by atoms with van der Waals surface area (Å²) >= 11 is 6.09. The Morgan fingerprint density at radius 1 is 0.953 bits per heavy atom. The summed E-state index contributed by atoms with van der Waals surface area (Å²) in [6.45, 7) is 5.63. The number of ether oxygens (including phenoxy) is 2. The molecule has 0 aliphatic carbocycles. The van der Waals surface area contributed by atoms with E-state index in [0.29, 0.717) is 50.0 Å². The Bertz CT molecular complexity index is 1440. The molecule has 3 aromatic rings. The van der Waals surface area contributed by atoms with Crippen molar-refractivity contribution in [3.63, 3.8) is 0 Å². The summed E-state index contributed by atoms with van der Waals surface area (Å²) in [5.74, 6) is -0.0668. The van der Waals surface area contributed by atoms with Gasteiger partial charge in [0.2, 0.25) is 15.9 Å². The number of benzene rings is 3. The number of halogens is 1. The van der Waals surface area contributed by atoms with Gasteiger partial charge in [-0.3, -0.25) is 9.59 Å². The second-order valence-corrected chi connectivity index (χ2v) is 13.1. The van der Waals surface area contributed by atoms with Crippen molar-refractivity contribution in [1.29, 1.82) is 0 Å². The number of carbonyl (C=O) groups excluding carboxylic acids is 2. The monoisotopic (exact) mass is 627 g/mol. The Kier molecular flexibility index (Phi) is 11.6. The van der Waals surface area contributed by atoms with Crippen LogP contribution in [0.4, 0.5) is 0 Å². The van der Waals surface area contributed by atoms with Gasteiger partial charge in [-0.15, -0.1) is 0 Å². The highest BCUT2D eigenvalue weighted by atomic mass is 35.5. The van der Waals surface area contributed by atoms with Crippen molar-refractivity contribution in [2.45, 2.75) is 37.8 Å². The number of nitrogens with zero attached hydrogens (tertiary/aromatic N) is 2. The summed E-state index contributed by atoms with van der Waals surface area (Å²) in [4.78, 5) is 29.0. The van der Waals surface area contributed by atoms with Crippen LogP contribution in [-0.2, 0) is 37.3 Å². The van der Waals surface area contributed by atoms with Crippen molar-refractivity contribution in [3.8, 4) is 5.75 Å². The van der Waals surface area contributed by atoms with Gasteiger partial charge in [-0.2, -0.15) is 4.31 Å². The molecule has 0 bridgehead atoms. The molecule has 0 aromatic heterocycles. The van der Waals surface area contributed by atoms with E-state index in [-0.39, 0.29) is 35.8 Å². The van der Waals surface area contributed by atoms with E-state index in [1.807, 2.05) is 56.3 Å². The van der Waals surface area contributed by atoms with Crippen molar-refractivity contribution in [3.05, 3.63) is 95.0 Å². The Balaban J connectivity index is 1.54. The molecule has 1 fully saturated rings. The van der Waals surface area contributed by atoms with Crippen LogP contribution in [0.2, 0.25) is 5.02 Å². The van der Waals surface area contributed by atoms with Gasteiger partial charge in [-0.05, 0) is 53.4 Å². The van der Waals surface area contributed by atoms with Gasteiger partial charge in [-0.25, -0.2) is 8.42 Å². The van der Waals surface area contributed by atoms with E-state index in [0.717, 1.165) is 11.1 Å². The third-order valence-corrected chi connectivity index (χ3v) is 9.18. The SMILES string of the molecule is CC(C)CNC(=O)[C@@H](Cc1ccccc1)N(Cc1ccc(Cl)cc1)C(=O)COc1ccc(S(=O)(=O)N2CCOCC2)cc1. The molecule has 0 spiro atoms. The van der Waals surface area contributed by atoms with Crippen LogP contribution in [0.3, 0.4) is 0 Å². The smallest absolute Gasteiger partial charge is 0.261 e. The van der Waals surface area contributed by atoms with Crippen LogP contribution < -0.4 is 10.1 Å². The van der Waals surface area contributed by atoms with Gasteiger partial charge in [0.25, 0.3) is 5.91 Å². The first kappa shape index (κ1) is 32.5. The third kappa shape index (κ3) is 9.27. The van der Waals surface area contributed by atoms with Crippen molar-refractivity contribution in [2.24, 2.45) is 5.92 Å². The number of hydrogen-bond acceptors (Lipinski definition) is 6. The standard InChI is InChI=1S/C32H38ClN3O6S/c1-24(2)21-34-32(38)30(20-25-6-4-3-5-7-25)36(22-26-8-10-27(33)11-9-26)31(37)23-42-28-12-14-29(15-13-28)43(39,40)35-16-18-41-19-17-35/h3-15,24,30H,16-23H2,1-2H3,(H,34,38)/t30-/m1/s1. The Labute approximate surface area is 258 Å². The number of sulfonamides is 1. The molecule has 2 amide bonds. The lowest BCUT2D eigenvalue weighted by Gasteiger charge is -2.31. The molecule has 43 heavy (non-hydrogen) atoms. The van der Waals surface area contributed by atoms with Gasteiger partial charge in [0, 0.05) is 37.6 Å². The second kappa shape index (κ2) is 15.3. The van der Waals surface area contributed by atoms with Gasteiger partial charge in [0.1, 0.15) is 11.8 Å². The highest BCUT2D eigenvalue weighted by Crippen LogP contribution is 2.22. The number of amides is 2. The minimum Gasteiger partial charge on any atom is -0.484 e. The van der Waals surface area contributed by atoms with Crippen LogP contribution in [0.15, 0.2) is 83.8 Å². The quantitative estimate of drug-likeness (QED) is 0.305. The van der Waals surface area contributed by atoms with Crippen molar-refractivity contribution < 1.29 is 27.5 Å². The molecular formula is C32H38ClN3O6S. The normalized spacial score (nSPS) is 14.7. The second-order valence-electron chi connectivity index (χ2n) is 10.8. The fourth-order valence-electron chi connectivity index (χ4n) is 4.63. The average Bonchev–Trinajstić information content (AvgIpc) is 3.02. The lowest BCUT2D eigenvalue weighted by atomic mass is 10.0. The van der Waals surface area contributed by atoms with Crippen LogP contribution in [0.25, 0.3) is 0 Å². The summed E-state index contributed by atoms with van der Waals surface area (Å²) in [6.07, 6.45) is 0.318. The molecule has 1 atom stereocenters. The molecule has 0 unspecified atom stereocenters. The summed E-state index contributed by atoms with van der Waals surface area (Å²) in [7, 11) is -3.65. The minimum absolute atomic E-state index is 0.141. The largest absolute Gasteiger partial charge is 0.484 e. The Morgan fingerprint density at radius 2 is 1.60 bits per heavy atom. The third-order valence-electron chi connectivity index (χ3n) is 7.02. The predicted molar refractivity (Wildman–Crippen MR) is 165 cm³/mol. The van der Waals surface area contributed by atoms with Crippen LogP contribution >= 0.6 is 11.6 Å². The number of carbonyl (C=O) groups is 2. The topological polar surface area (TPSA) is 105 Å². The maximum atomic E-state index is 13.8. The maximum Gasteiger partial charge on any atom is 0.261 e. The molecule has 1 heterocycles. The predicted octanol–water partition coefficient (Wildman–Crippen LogP) is 4.15. The maximum absolute atomic E-state index is 13.8. The molecule has 0 radical (unpaired) electrons. The molecule has 1 aliphatic heterocycles. The Morgan fingerprint density at radius 3 is 2.23 bits per heavy atom. The molecular weight excluding hydrogens is 590 g/mol. The molecule has 3 aromatic carbocycles. The van der Waals surface area contributed by atoms with E-state index in [2.05, 4.69) is 5.32 Å². The summed E-state index contributed by atoms with van der Waals surface area (Å²) in [5.41, 5.74) is 1.73. The molecule has 1 N–H and O–H groups in total. The molecule has 11 heteroatoms. The first-order chi connectivity index (χ1) is 20.6. The van der Waals surface area contributed by atoms with E-state index in [4.69, 9.17) is 21.1 Å². The zero-order chi connectivity index (χ0) is 30.8. The summed E-state index contributed by atoms with van der Waals surface area (Å²) in [6, 6.07) is 21.9. The van der Waals surface area contributed by atoms with E-state index in [9.17, 15) is 18.0 Å². The first-order valence-corrected chi connectivity index (χ1v) is 16.1. The average molecular weight is 628 g/mol. The molecule has 230 valence electrons. The number of nitrogens with one attached hydrogen (secondary N) is 1. The molecule has 4 rings (SSSR count). The van der Waals surface area contributed by atoms with E-state index >= 15 is 0 Å². The number of morpholine rings is 1. The fraction of sp³-hybridized carbons (Fsp3) is 0.375. The molecule has 1 saturated heterocycles. The number of rotatable bonds is 13. The highest BCUT2D eigenvalue weighted by molar-refractivity contribution is 7.89. The highest BCUT2D eigenvalue weighted by Gasteiger charge is 2.31.